The van der Waals surface area contributed by atoms with Gasteiger partial charge in [0.1, 0.15) is 5.54 Å². The van der Waals surface area contributed by atoms with E-state index in [1.807, 2.05) is 0 Å². The molecular weight excluding hydrogens is 295 g/mol. The van der Waals surface area contributed by atoms with Gasteiger partial charge in [0.25, 0.3) is 0 Å². The van der Waals surface area contributed by atoms with Gasteiger partial charge >= 0.3 is 6.18 Å². The molecule has 2 rings (SSSR count). The Bertz CT molecular complexity index is 621. The first-order valence-corrected chi connectivity index (χ1v) is 7.41. The van der Waals surface area contributed by atoms with Crippen molar-refractivity contribution in [3.8, 4) is 0 Å². The van der Waals surface area contributed by atoms with E-state index in [2.05, 4.69) is 0 Å². The van der Waals surface area contributed by atoms with Crippen LogP contribution in [0.1, 0.15) is 24.0 Å². The minimum atomic E-state index is -4.61. The molecule has 1 saturated carbocycles. The summed E-state index contributed by atoms with van der Waals surface area (Å²) in [5.41, 5.74) is -1.69. The van der Waals surface area contributed by atoms with Crippen molar-refractivity contribution in [2.45, 2.75) is 43.0 Å². The van der Waals surface area contributed by atoms with Crippen LogP contribution in [0.5, 0.6) is 0 Å². The molecule has 0 aliphatic heterocycles. The molecule has 0 saturated heterocycles. The largest absolute Gasteiger partial charge is 0.407 e. The molecule has 0 unspecified atom stereocenters. The summed E-state index contributed by atoms with van der Waals surface area (Å²) in [7, 11) is -4.28. The normalized spacial score (nSPS) is 18.1. The highest BCUT2D eigenvalue weighted by Gasteiger charge is 2.65. The fourth-order valence-electron chi connectivity index (χ4n) is 1.91. The summed E-state index contributed by atoms with van der Waals surface area (Å²) in [5.74, 6) is 0. The van der Waals surface area contributed by atoms with E-state index in [0.717, 1.165) is 0 Å². The molecule has 0 radical (unpaired) electrons. The molecule has 2 N–H and O–H groups in total. The summed E-state index contributed by atoms with van der Waals surface area (Å²) >= 11 is 0. The lowest BCUT2D eigenvalue weighted by Gasteiger charge is -2.21. The molecule has 1 aliphatic rings. The van der Waals surface area contributed by atoms with E-state index in [4.69, 9.17) is 5.11 Å². The summed E-state index contributed by atoms with van der Waals surface area (Å²) in [6.07, 6.45) is -5.12. The second-order valence-electron chi connectivity index (χ2n) is 4.94. The van der Waals surface area contributed by atoms with Gasteiger partial charge in [0, 0.05) is 0 Å². The lowest BCUT2D eigenvalue weighted by molar-refractivity contribution is -0.160. The zero-order chi connectivity index (χ0) is 15.2. The molecule has 20 heavy (non-hydrogen) atoms. The molecule has 0 aromatic heterocycles. The average Bonchev–Trinajstić information content (AvgIpc) is 3.09. The van der Waals surface area contributed by atoms with E-state index in [0.29, 0.717) is 11.1 Å². The van der Waals surface area contributed by atoms with Crippen molar-refractivity contribution < 1.29 is 26.7 Å². The number of aliphatic hydroxyl groups excluding tert-OH is 1. The van der Waals surface area contributed by atoms with Crippen LogP contribution in [0.4, 0.5) is 13.2 Å². The van der Waals surface area contributed by atoms with Gasteiger partial charge in [-0.15, -0.1) is 0 Å². The fourth-order valence-corrected chi connectivity index (χ4v) is 3.66. The number of rotatable bonds is 4. The van der Waals surface area contributed by atoms with Crippen LogP contribution in [0.3, 0.4) is 0 Å². The summed E-state index contributed by atoms with van der Waals surface area (Å²) in [4.78, 5) is -0.237. The number of aryl methyl sites for hydroxylation is 1. The maximum Gasteiger partial charge on any atom is 0.407 e. The van der Waals surface area contributed by atoms with Gasteiger partial charge in [-0.1, -0.05) is 12.1 Å². The highest BCUT2D eigenvalue weighted by atomic mass is 32.2. The second-order valence-corrected chi connectivity index (χ2v) is 6.59. The Hall–Kier alpha value is -1.12. The SMILES string of the molecule is Cc1ccc(CO)cc1S(=O)(=O)NC1(C(F)(F)F)CC1. The van der Waals surface area contributed by atoms with Gasteiger partial charge in [0.05, 0.1) is 11.5 Å². The van der Waals surface area contributed by atoms with Crippen molar-refractivity contribution >= 4 is 10.0 Å². The maximum atomic E-state index is 12.8. The first-order chi connectivity index (χ1) is 9.11. The summed E-state index contributed by atoms with van der Waals surface area (Å²) in [5, 5.41) is 9.00. The molecule has 0 bridgehead atoms. The van der Waals surface area contributed by atoms with Crippen molar-refractivity contribution in [2.75, 3.05) is 0 Å². The van der Waals surface area contributed by atoms with Crippen LogP contribution in [-0.2, 0) is 16.6 Å². The Morgan fingerprint density at radius 2 is 1.95 bits per heavy atom. The predicted molar refractivity (Wildman–Crippen MR) is 65.4 cm³/mol. The lowest BCUT2D eigenvalue weighted by atomic mass is 10.2. The number of aliphatic hydroxyl groups is 1. The molecule has 0 atom stereocenters. The van der Waals surface area contributed by atoms with Crippen LogP contribution in [0.25, 0.3) is 0 Å². The van der Waals surface area contributed by atoms with Gasteiger partial charge in [-0.3, -0.25) is 0 Å². The summed E-state index contributed by atoms with van der Waals surface area (Å²) < 4.78 is 64.5. The molecule has 1 aromatic rings. The minimum absolute atomic E-state index is 0.237. The summed E-state index contributed by atoms with van der Waals surface area (Å²) in [6, 6.07) is 4.16. The third kappa shape index (κ3) is 2.68. The number of sulfonamides is 1. The number of alkyl halides is 3. The highest BCUT2D eigenvalue weighted by Crippen LogP contribution is 2.49. The molecule has 1 aliphatic carbocycles. The molecule has 0 heterocycles. The Labute approximate surface area is 114 Å². The van der Waals surface area contributed by atoms with Gasteiger partial charge in [0.15, 0.2) is 0 Å². The molecule has 8 heteroatoms. The third-order valence-electron chi connectivity index (χ3n) is 3.35. The first-order valence-electron chi connectivity index (χ1n) is 5.92. The first kappa shape index (κ1) is 15.3. The lowest BCUT2D eigenvalue weighted by Crippen LogP contribution is -2.47. The van der Waals surface area contributed by atoms with Crippen LogP contribution in [-0.4, -0.2) is 25.2 Å². The van der Waals surface area contributed by atoms with Crippen LogP contribution >= 0.6 is 0 Å². The molecular formula is C12H14F3NO3S. The van der Waals surface area contributed by atoms with Gasteiger partial charge in [0.2, 0.25) is 10.0 Å². The number of hydrogen-bond donors (Lipinski definition) is 2. The van der Waals surface area contributed by atoms with E-state index in [1.54, 1.807) is 4.72 Å². The Balaban J connectivity index is 2.37. The van der Waals surface area contributed by atoms with Crippen molar-refractivity contribution in [3.63, 3.8) is 0 Å². The fraction of sp³-hybridized carbons (Fsp3) is 0.500. The van der Waals surface area contributed by atoms with E-state index in [-0.39, 0.29) is 24.3 Å². The molecule has 0 amide bonds. The molecule has 1 fully saturated rings. The number of halogens is 3. The van der Waals surface area contributed by atoms with Gasteiger partial charge in [-0.05, 0) is 37.0 Å². The minimum Gasteiger partial charge on any atom is -0.392 e. The zero-order valence-electron chi connectivity index (χ0n) is 10.7. The van der Waals surface area contributed by atoms with E-state index in [9.17, 15) is 21.6 Å². The topological polar surface area (TPSA) is 66.4 Å². The Kier molecular flexibility index (Phi) is 3.60. The van der Waals surface area contributed by atoms with Gasteiger partial charge in [-0.2, -0.15) is 17.9 Å². The monoisotopic (exact) mass is 309 g/mol. The second kappa shape index (κ2) is 4.71. The van der Waals surface area contributed by atoms with Gasteiger partial charge in [-0.25, -0.2) is 8.42 Å². The van der Waals surface area contributed by atoms with Crippen LogP contribution in [0, 0.1) is 6.92 Å². The van der Waals surface area contributed by atoms with E-state index in [1.165, 1.54) is 25.1 Å². The Morgan fingerprint density at radius 1 is 1.35 bits per heavy atom. The zero-order valence-corrected chi connectivity index (χ0v) is 11.5. The number of hydrogen-bond acceptors (Lipinski definition) is 3. The number of benzene rings is 1. The van der Waals surface area contributed by atoms with E-state index < -0.39 is 21.7 Å². The quantitative estimate of drug-likeness (QED) is 0.892. The number of nitrogens with one attached hydrogen (secondary N) is 1. The smallest absolute Gasteiger partial charge is 0.392 e. The van der Waals surface area contributed by atoms with Crippen LogP contribution in [0.2, 0.25) is 0 Å². The predicted octanol–water partition coefficient (Wildman–Crippen LogP) is 1.86. The van der Waals surface area contributed by atoms with Gasteiger partial charge < -0.3 is 5.11 Å². The third-order valence-corrected chi connectivity index (χ3v) is 5.03. The standard InChI is InChI=1S/C12H14F3NO3S/c1-8-2-3-9(7-17)6-10(8)20(18,19)16-11(4-5-11)12(13,14)15/h2-3,6,16-17H,4-5,7H2,1H3. The maximum absolute atomic E-state index is 12.8. The van der Waals surface area contributed by atoms with Crippen molar-refractivity contribution in [3.05, 3.63) is 29.3 Å². The molecule has 112 valence electrons. The van der Waals surface area contributed by atoms with Crippen molar-refractivity contribution in [2.24, 2.45) is 0 Å². The summed E-state index contributed by atoms with van der Waals surface area (Å²) in [6.45, 7) is 1.11. The van der Waals surface area contributed by atoms with Crippen molar-refractivity contribution in [1.29, 1.82) is 0 Å². The van der Waals surface area contributed by atoms with Crippen LogP contribution < -0.4 is 4.72 Å². The average molecular weight is 309 g/mol. The van der Waals surface area contributed by atoms with Crippen molar-refractivity contribution in [1.82, 2.24) is 4.72 Å². The molecule has 0 spiro atoms. The molecule has 1 aromatic carbocycles. The Morgan fingerprint density at radius 3 is 2.40 bits per heavy atom. The highest BCUT2D eigenvalue weighted by molar-refractivity contribution is 7.89. The molecule has 4 nitrogen and oxygen atoms in total. The van der Waals surface area contributed by atoms with E-state index >= 15 is 0 Å². The van der Waals surface area contributed by atoms with Crippen LogP contribution in [0.15, 0.2) is 23.1 Å².